The highest BCUT2D eigenvalue weighted by molar-refractivity contribution is 5.03. The van der Waals surface area contributed by atoms with Gasteiger partial charge in [0.25, 0.3) is 0 Å². The SMILES string of the molecule is CC(C)(O)c1cn(C2CCCCC2O)nn1. The number of rotatable bonds is 2. The summed E-state index contributed by atoms with van der Waals surface area (Å²) in [6.07, 6.45) is 5.33. The first-order valence-electron chi connectivity index (χ1n) is 5.81. The Bertz CT molecular complexity index is 356. The molecule has 2 rings (SSSR count). The third-order valence-electron chi connectivity index (χ3n) is 3.17. The van der Waals surface area contributed by atoms with Crippen molar-refractivity contribution in [3.8, 4) is 0 Å². The summed E-state index contributed by atoms with van der Waals surface area (Å²) in [6.45, 7) is 3.36. The minimum absolute atomic E-state index is 0.0114. The lowest BCUT2D eigenvalue weighted by Gasteiger charge is -2.27. The molecule has 0 bridgehead atoms. The quantitative estimate of drug-likeness (QED) is 0.787. The van der Waals surface area contributed by atoms with Crippen LogP contribution in [-0.4, -0.2) is 31.3 Å². The first-order valence-corrected chi connectivity index (χ1v) is 5.81. The first kappa shape index (κ1) is 11.5. The molecule has 16 heavy (non-hydrogen) atoms. The Balaban J connectivity index is 2.18. The van der Waals surface area contributed by atoms with E-state index in [1.807, 2.05) is 0 Å². The lowest BCUT2D eigenvalue weighted by Crippen LogP contribution is -2.28. The van der Waals surface area contributed by atoms with E-state index in [-0.39, 0.29) is 12.1 Å². The molecule has 90 valence electrons. The minimum atomic E-state index is -0.974. The second-order valence-corrected chi connectivity index (χ2v) is 5.06. The van der Waals surface area contributed by atoms with E-state index in [9.17, 15) is 10.2 Å². The number of hydrogen-bond donors (Lipinski definition) is 2. The number of nitrogens with zero attached hydrogens (tertiary/aromatic N) is 3. The Hall–Kier alpha value is -0.940. The molecule has 0 spiro atoms. The molecule has 2 atom stereocenters. The van der Waals surface area contributed by atoms with Crippen molar-refractivity contribution in [3.63, 3.8) is 0 Å². The molecule has 1 aliphatic carbocycles. The molecule has 1 saturated carbocycles. The van der Waals surface area contributed by atoms with Crippen LogP contribution in [-0.2, 0) is 5.60 Å². The second kappa shape index (κ2) is 4.14. The normalized spacial score (nSPS) is 27.0. The molecule has 2 N–H and O–H groups in total. The molecule has 0 aliphatic heterocycles. The minimum Gasteiger partial charge on any atom is -0.391 e. The number of hydrogen-bond acceptors (Lipinski definition) is 4. The molecule has 2 unspecified atom stereocenters. The van der Waals surface area contributed by atoms with Gasteiger partial charge in [-0.3, -0.25) is 0 Å². The zero-order valence-electron chi connectivity index (χ0n) is 9.80. The van der Waals surface area contributed by atoms with E-state index in [0.717, 1.165) is 25.7 Å². The van der Waals surface area contributed by atoms with Crippen LogP contribution in [0.1, 0.15) is 51.3 Å². The molecule has 0 saturated heterocycles. The van der Waals surface area contributed by atoms with Gasteiger partial charge >= 0.3 is 0 Å². The van der Waals surface area contributed by atoms with Crippen molar-refractivity contribution in [1.82, 2.24) is 15.0 Å². The molecule has 1 heterocycles. The van der Waals surface area contributed by atoms with Crippen LogP contribution in [0.4, 0.5) is 0 Å². The van der Waals surface area contributed by atoms with E-state index in [1.54, 1.807) is 24.7 Å². The van der Waals surface area contributed by atoms with Crippen molar-refractivity contribution in [2.24, 2.45) is 0 Å². The average molecular weight is 225 g/mol. The van der Waals surface area contributed by atoms with Gasteiger partial charge in [-0.15, -0.1) is 5.10 Å². The van der Waals surface area contributed by atoms with Crippen molar-refractivity contribution in [2.45, 2.75) is 57.3 Å². The van der Waals surface area contributed by atoms with Crippen molar-refractivity contribution in [1.29, 1.82) is 0 Å². The van der Waals surface area contributed by atoms with E-state index in [2.05, 4.69) is 10.3 Å². The van der Waals surface area contributed by atoms with Crippen molar-refractivity contribution in [3.05, 3.63) is 11.9 Å². The van der Waals surface area contributed by atoms with Crippen LogP contribution in [0.2, 0.25) is 0 Å². The van der Waals surface area contributed by atoms with Crippen LogP contribution in [0.5, 0.6) is 0 Å². The maximum absolute atomic E-state index is 9.88. The van der Waals surface area contributed by atoms with Crippen LogP contribution >= 0.6 is 0 Å². The van der Waals surface area contributed by atoms with Gasteiger partial charge in [0, 0.05) is 0 Å². The van der Waals surface area contributed by atoms with E-state index in [4.69, 9.17) is 0 Å². The van der Waals surface area contributed by atoms with Gasteiger partial charge in [0.2, 0.25) is 0 Å². The van der Waals surface area contributed by atoms with Crippen molar-refractivity contribution >= 4 is 0 Å². The molecule has 1 aliphatic rings. The highest BCUT2D eigenvalue weighted by Gasteiger charge is 2.27. The standard InChI is InChI=1S/C11H19N3O2/c1-11(2,16)10-7-14(13-12-10)8-5-3-4-6-9(8)15/h7-9,15-16H,3-6H2,1-2H3. The summed E-state index contributed by atoms with van der Waals surface area (Å²) in [6, 6.07) is 0.0114. The molecule has 1 aromatic heterocycles. The van der Waals surface area contributed by atoms with Gasteiger partial charge in [0.1, 0.15) is 11.3 Å². The van der Waals surface area contributed by atoms with Crippen LogP contribution in [0, 0.1) is 0 Å². The van der Waals surface area contributed by atoms with Crippen LogP contribution in [0.25, 0.3) is 0 Å². The summed E-state index contributed by atoms with van der Waals surface area (Å²) in [5, 5.41) is 27.6. The predicted octanol–water partition coefficient (Wildman–Crippen LogP) is 0.981. The number of aliphatic hydroxyl groups is 2. The highest BCUT2D eigenvalue weighted by atomic mass is 16.3. The van der Waals surface area contributed by atoms with Crippen LogP contribution < -0.4 is 0 Å². The molecular formula is C11H19N3O2. The molecule has 1 fully saturated rings. The van der Waals surface area contributed by atoms with Crippen LogP contribution in [0.3, 0.4) is 0 Å². The van der Waals surface area contributed by atoms with E-state index in [0.29, 0.717) is 5.69 Å². The summed E-state index contributed by atoms with van der Waals surface area (Å²) in [7, 11) is 0. The second-order valence-electron chi connectivity index (χ2n) is 5.06. The Morgan fingerprint density at radius 3 is 2.62 bits per heavy atom. The number of aliphatic hydroxyl groups excluding tert-OH is 1. The average Bonchev–Trinajstić information content (AvgIpc) is 2.66. The Kier molecular flexibility index (Phi) is 2.99. The summed E-state index contributed by atoms with van der Waals surface area (Å²) in [4.78, 5) is 0. The number of aromatic nitrogens is 3. The first-order chi connectivity index (χ1) is 7.48. The third kappa shape index (κ3) is 2.25. The molecule has 5 nitrogen and oxygen atoms in total. The lowest BCUT2D eigenvalue weighted by atomic mass is 9.93. The van der Waals surface area contributed by atoms with Gasteiger partial charge < -0.3 is 10.2 Å². The smallest absolute Gasteiger partial charge is 0.114 e. The molecule has 1 aromatic rings. The van der Waals surface area contributed by atoms with Crippen molar-refractivity contribution < 1.29 is 10.2 Å². The molecule has 5 heteroatoms. The summed E-state index contributed by atoms with van der Waals surface area (Å²) in [5.41, 5.74) is -0.428. The Morgan fingerprint density at radius 1 is 1.38 bits per heavy atom. The summed E-state index contributed by atoms with van der Waals surface area (Å²) in [5.74, 6) is 0. The van der Waals surface area contributed by atoms with E-state index < -0.39 is 5.60 Å². The fourth-order valence-corrected chi connectivity index (χ4v) is 2.12. The van der Waals surface area contributed by atoms with Crippen molar-refractivity contribution in [2.75, 3.05) is 0 Å². The van der Waals surface area contributed by atoms with Gasteiger partial charge in [-0.2, -0.15) is 0 Å². The molecule has 0 amide bonds. The summed E-state index contributed by atoms with van der Waals surface area (Å²) >= 11 is 0. The van der Waals surface area contributed by atoms with E-state index >= 15 is 0 Å². The maximum atomic E-state index is 9.88. The van der Waals surface area contributed by atoms with Gasteiger partial charge in [-0.05, 0) is 26.7 Å². The monoisotopic (exact) mass is 225 g/mol. The molecular weight excluding hydrogens is 206 g/mol. The summed E-state index contributed by atoms with van der Waals surface area (Å²) < 4.78 is 1.69. The van der Waals surface area contributed by atoms with Gasteiger partial charge in [-0.1, -0.05) is 18.1 Å². The zero-order chi connectivity index (χ0) is 11.8. The third-order valence-corrected chi connectivity index (χ3v) is 3.17. The fourth-order valence-electron chi connectivity index (χ4n) is 2.12. The fraction of sp³-hybridized carbons (Fsp3) is 0.818. The van der Waals surface area contributed by atoms with E-state index in [1.165, 1.54) is 0 Å². The molecule has 0 radical (unpaired) electrons. The maximum Gasteiger partial charge on any atom is 0.114 e. The highest BCUT2D eigenvalue weighted by Crippen LogP contribution is 2.28. The largest absolute Gasteiger partial charge is 0.391 e. The topological polar surface area (TPSA) is 71.2 Å². The van der Waals surface area contributed by atoms with Gasteiger partial charge in [-0.25, -0.2) is 4.68 Å². The van der Waals surface area contributed by atoms with Gasteiger partial charge in [0.05, 0.1) is 18.3 Å². The molecule has 0 aromatic carbocycles. The predicted molar refractivity (Wildman–Crippen MR) is 58.8 cm³/mol. The Morgan fingerprint density at radius 2 is 2.06 bits per heavy atom. The van der Waals surface area contributed by atoms with Crippen LogP contribution in [0.15, 0.2) is 6.20 Å². The lowest BCUT2D eigenvalue weighted by molar-refractivity contribution is 0.0670. The Labute approximate surface area is 95.1 Å². The zero-order valence-corrected chi connectivity index (χ0v) is 9.80. The van der Waals surface area contributed by atoms with Gasteiger partial charge in [0.15, 0.2) is 0 Å².